The van der Waals surface area contributed by atoms with E-state index in [9.17, 15) is 20.1 Å². The first-order chi connectivity index (χ1) is 17.0. The van der Waals surface area contributed by atoms with E-state index in [4.69, 9.17) is 11.6 Å². The van der Waals surface area contributed by atoms with Gasteiger partial charge in [0.1, 0.15) is 17.5 Å². The molecule has 0 radical (unpaired) electrons. The van der Waals surface area contributed by atoms with Crippen LogP contribution in [-0.4, -0.2) is 43.0 Å². The number of rotatable bonds is 9. The van der Waals surface area contributed by atoms with E-state index in [-0.39, 0.29) is 17.1 Å². The molecule has 1 aliphatic rings. The minimum atomic E-state index is -1.21. The van der Waals surface area contributed by atoms with Crippen molar-refractivity contribution in [3.63, 3.8) is 0 Å². The maximum Gasteiger partial charge on any atom is 0.306 e. The Hall–Kier alpha value is -2.37. The lowest BCUT2D eigenvalue weighted by molar-refractivity contribution is -0.143. The summed E-state index contributed by atoms with van der Waals surface area (Å²) >= 11 is 6.50. The van der Waals surface area contributed by atoms with E-state index < -0.39 is 17.8 Å². The number of hydrogen-bond acceptors (Lipinski definition) is 5. The molecule has 36 heavy (non-hydrogen) atoms. The number of nitrogens with one attached hydrogen (secondary N) is 1. The number of aliphatic carboxylic acids is 1. The van der Waals surface area contributed by atoms with Crippen LogP contribution < -0.4 is 5.32 Å². The normalized spacial score (nSPS) is 19.0. The first-order valence-electron chi connectivity index (χ1n) is 12.7. The Bertz CT molecular complexity index is 1120. The molecule has 8 heteroatoms. The zero-order chi connectivity index (χ0) is 26.5. The lowest BCUT2D eigenvalue weighted by atomic mass is 9.82. The van der Waals surface area contributed by atoms with Gasteiger partial charge in [0.05, 0.1) is 11.6 Å². The molecule has 1 atom stereocenters. The van der Waals surface area contributed by atoms with Crippen LogP contribution in [0.5, 0.6) is 0 Å². The van der Waals surface area contributed by atoms with Gasteiger partial charge in [-0.3, -0.25) is 10.1 Å². The fraction of sp³-hybridized carbons (Fsp3) is 0.571. The van der Waals surface area contributed by atoms with Crippen molar-refractivity contribution < 1.29 is 20.1 Å². The van der Waals surface area contributed by atoms with E-state index in [2.05, 4.69) is 54.2 Å². The number of aromatic nitrogens is 2. The highest BCUT2D eigenvalue weighted by Gasteiger charge is 2.27. The molecule has 0 aliphatic heterocycles. The van der Waals surface area contributed by atoms with Gasteiger partial charge in [0, 0.05) is 13.1 Å². The number of benzene rings is 1. The number of aliphatic hydroxyl groups excluding tert-OH is 1. The summed E-state index contributed by atoms with van der Waals surface area (Å²) < 4.78 is 1.79. The molecule has 4 N–H and O–H groups in total. The Morgan fingerprint density at radius 3 is 2.61 bits per heavy atom. The number of aryl methyl sites for hydroxylation is 2. The minimum absolute atomic E-state index is 0.244. The first kappa shape index (κ1) is 28.2. The van der Waals surface area contributed by atoms with E-state index in [1.165, 1.54) is 16.7 Å². The summed E-state index contributed by atoms with van der Waals surface area (Å²) in [5.74, 6) is 4.95. The second-order valence-corrected chi connectivity index (χ2v) is 10.7. The molecule has 1 aromatic heterocycles. The van der Waals surface area contributed by atoms with Crippen molar-refractivity contribution in [2.75, 3.05) is 6.54 Å². The van der Waals surface area contributed by atoms with Crippen molar-refractivity contribution in [1.29, 1.82) is 0 Å². The summed E-state index contributed by atoms with van der Waals surface area (Å²) in [4.78, 5) is 15.6. The molecular weight excluding hydrogens is 478 g/mol. The summed E-state index contributed by atoms with van der Waals surface area (Å²) in [6.45, 7) is 8.52. The van der Waals surface area contributed by atoms with Crippen molar-refractivity contribution in [1.82, 2.24) is 14.9 Å². The third-order valence-electron chi connectivity index (χ3n) is 7.05. The molecule has 196 valence electrons. The molecule has 7 nitrogen and oxygen atoms in total. The third-order valence-corrected chi connectivity index (χ3v) is 7.34. The van der Waals surface area contributed by atoms with E-state index in [0.29, 0.717) is 37.3 Å². The summed E-state index contributed by atoms with van der Waals surface area (Å²) in [5, 5.41) is 33.9. The van der Waals surface area contributed by atoms with Crippen molar-refractivity contribution in [2.24, 2.45) is 11.8 Å². The highest BCUT2D eigenvalue weighted by atomic mass is 35.5. The molecule has 2 aromatic rings. The number of aliphatic hydroxyl groups is 2. The van der Waals surface area contributed by atoms with Crippen molar-refractivity contribution >= 4 is 17.6 Å². The monoisotopic (exact) mass is 515 g/mol. The number of hydrogen-bond donors (Lipinski definition) is 4. The molecule has 0 bridgehead atoms. The molecule has 1 aromatic carbocycles. The average molecular weight is 516 g/mol. The zero-order valence-corrected chi connectivity index (χ0v) is 22.4. The molecule has 1 fully saturated rings. The minimum Gasteiger partial charge on any atom is -0.481 e. The molecule has 1 aliphatic carbocycles. The van der Waals surface area contributed by atoms with Gasteiger partial charge >= 0.3 is 5.97 Å². The number of carbonyl (C=O) groups is 1. The molecule has 0 saturated heterocycles. The number of halogens is 1. The van der Waals surface area contributed by atoms with Crippen LogP contribution in [0.15, 0.2) is 18.2 Å². The Kier molecular flexibility index (Phi) is 9.59. The Balaban J connectivity index is 1.75. The lowest BCUT2D eigenvalue weighted by Gasteiger charge is -2.27. The molecular formula is C28H38ClN3O4. The van der Waals surface area contributed by atoms with Gasteiger partial charge in [-0.15, -0.1) is 0 Å². The van der Waals surface area contributed by atoms with Crippen LogP contribution in [0.4, 0.5) is 0 Å². The number of nitrogens with zero attached hydrogens (tertiary/aromatic N) is 2. The van der Waals surface area contributed by atoms with E-state index >= 15 is 0 Å². The van der Waals surface area contributed by atoms with Crippen LogP contribution >= 0.6 is 11.6 Å². The van der Waals surface area contributed by atoms with Crippen LogP contribution in [0.3, 0.4) is 0 Å². The van der Waals surface area contributed by atoms with Crippen LogP contribution in [0.25, 0.3) is 0 Å². The highest BCUT2D eigenvalue weighted by molar-refractivity contribution is 6.28. The van der Waals surface area contributed by atoms with Crippen LogP contribution in [0, 0.1) is 37.5 Å². The Morgan fingerprint density at radius 2 is 1.97 bits per heavy atom. The molecule has 1 heterocycles. The van der Waals surface area contributed by atoms with Crippen LogP contribution in [0.2, 0.25) is 5.28 Å². The molecule has 0 amide bonds. The standard InChI is InChI=1S/C28H38ClN3O4/c1-18-7-5-8-21(19(18)2)9-6-16-32-24(23(31-27(32)29)14-15-28(3,4)36)25(33)30-17-20-10-12-22(13-11-20)26(34)35/h5,7-8,20,22,25,30,33,36H,6,9-13,16-17H2,1-4H3,(H,34,35). The summed E-state index contributed by atoms with van der Waals surface area (Å²) in [6.07, 6.45) is 3.54. The maximum atomic E-state index is 11.2. The van der Waals surface area contributed by atoms with Gasteiger partial charge in [0.15, 0.2) is 0 Å². The third kappa shape index (κ3) is 7.57. The predicted octanol–water partition coefficient (Wildman–Crippen LogP) is 4.38. The van der Waals surface area contributed by atoms with E-state index in [0.717, 1.165) is 25.7 Å². The van der Waals surface area contributed by atoms with E-state index in [1.807, 2.05) is 0 Å². The van der Waals surface area contributed by atoms with Crippen LogP contribution in [0.1, 0.15) is 80.3 Å². The van der Waals surface area contributed by atoms with Crippen molar-refractivity contribution in [3.05, 3.63) is 51.6 Å². The predicted molar refractivity (Wildman–Crippen MR) is 141 cm³/mol. The van der Waals surface area contributed by atoms with E-state index in [1.54, 1.807) is 18.4 Å². The van der Waals surface area contributed by atoms with Gasteiger partial charge in [-0.1, -0.05) is 24.1 Å². The van der Waals surface area contributed by atoms with Gasteiger partial charge in [-0.05, 0) is 106 Å². The number of carboxylic acids is 1. The quantitative estimate of drug-likeness (QED) is 0.291. The van der Waals surface area contributed by atoms with Crippen LogP contribution in [-0.2, 0) is 17.8 Å². The molecule has 0 spiro atoms. The van der Waals surface area contributed by atoms with Gasteiger partial charge in [-0.2, -0.15) is 0 Å². The molecule has 1 saturated carbocycles. The van der Waals surface area contributed by atoms with Gasteiger partial charge in [0.25, 0.3) is 0 Å². The van der Waals surface area contributed by atoms with Crippen molar-refractivity contribution in [2.45, 2.75) is 84.6 Å². The SMILES string of the molecule is Cc1cccc(CCCn2c(Cl)nc(C#CC(C)(C)O)c2C(O)NCC2CCC(C(=O)O)CC2)c1C. The maximum absolute atomic E-state index is 11.2. The van der Waals surface area contributed by atoms with Gasteiger partial charge in [0.2, 0.25) is 5.28 Å². The second kappa shape index (κ2) is 12.2. The smallest absolute Gasteiger partial charge is 0.306 e. The van der Waals surface area contributed by atoms with Gasteiger partial charge in [-0.25, -0.2) is 4.98 Å². The Labute approximate surface area is 218 Å². The molecule has 1 unspecified atom stereocenters. The number of carboxylic acid groups (broad SMARTS) is 1. The summed E-state index contributed by atoms with van der Waals surface area (Å²) in [5.41, 5.74) is 3.43. The number of imidazole rings is 1. The topological polar surface area (TPSA) is 108 Å². The first-order valence-corrected chi connectivity index (χ1v) is 13.0. The van der Waals surface area contributed by atoms with Gasteiger partial charge < -0.3 is 19.9 Å². The fourth-order valence-electron chi connectivity index (χ4n) is 4.73. The zero-order valence-electron chi connectivity index (χ0n) is 21.6. The fourth-order valence-corrected chi connectivity index (χ4v) is 4.99. The molecule has 3 rings (SSSR count). The second-order valence-electron chi connectivity index (χ2n) is 10.4. The van der Waals surface area contributed by atoms with Crippen molar-refractivity contribution in [3.8, 4) is 11.8 Å². The highest BCUT2D eigenvalue weighted by Crippen LogP contribution is 2.29. The summed E-state index contributed by atoms with van der Waals surface area (Å²) in [6, 6.07) is 6.30. The summed E-state index contributed by atoms with van der Waals surface area (Å²) in [7, 11) is 0. The Morgan fingerprint density at radius 1 is 1.28 bits per heavy atom. The average Bonchev–Trinajstić information content (AvgIpc) is 3.14. The lowest BCUT2D eigenvalue weighted by Crippen LogP contribution is -2.32. The largest absolute Gasteiger partial charge is 0.481 e.